The van der Waals surface area contributed by atoms with Gasteiger partial charge in [0, 0.05) is 47.7 Å². The summed E-state index contributed by atoms with van der Waals surface area (Å²) in [6, 6.07) is 1.31. The molecule has 2 fully saturated rings. The highest BCUT2D eigenvalue weighted by Crippen LogP contribution is 2.50. The van der Waals surface area contributed by atoms with E-state index in [4.69, 9.17) is 15.9 Å². The van der Waals surface area contributed by atoms with Crippen LogP contribution in [0.4, 0.5) is 4.39 Å². The van der Waals surface area contributed by atoms with Gasteiger partial charge in [-0.2, -0.15) is 0 Å². The van der Waals surface area contributed by atoms with Gasteiger partial charge < -0.3 is 20.7 Å². The monoisotopic (exact) mass is 481 g/mol. The number of nitrogens with zero attached hydrogens (tertiary/aromatic N) is 4. The summed E-state index contributed by atoms with van der Waals surface area (Å²) in [6.45, 7) is 2.50. The van der Waals surface area contributed by atoms with Gasteiger partial charge >= 0.3 is 0 Å². The second kappa shape index (κ2) is 9.77. The zero-order valence-corrected chi connectivity index (χ0v) is 19.7. The maximum atomic E-state index is 14.2. The molecule has 184 valence electrons. The minimum absolute atomic E-state index is 0.00394. The number of piperidine rings is 1. The number of aryl methyl sites for hydroxylation is 1. The first kappa shape index (κ1) is 24.2. The van der Waals surface area contributed by atoms with E-state index >= 15 is 0 Å². The van der Waals surface area contributed by atoms with Gasteiger partial charge in [-0.05, 0) is 38.7 Å². The minimum atomic E-state index is -0.679. The van der Waals surface area contributed by atoms with Gasteiger partial charge in [0.1, 0.15) is 5.71 Å². The number of aromatic nitrogens is 3. The molecule has 1 atom stereocenters. The number of halogens is 1. The molecule has 3 heterocycles. The zero-order chi connectivity index (χ0) is 25.2. The number of amides is 2. The molecular formula is C24H28FN7O3. The van der Waals surface area contributed by atoms with Crippen molar-refractivity contribution in [1.82, 2.24) is 25.2 Å². The number of hydrogen-bond donors (Lipinski definition) is 3. The van der Waals surface area contributed by atoms with Gasteiger partial charge in [0.25, 0.3) is 5.91 Å². The van der Waals surface area contributed by atoms with Crippen molar-refractivity contribution in [3.63, 3.8) is 0 Å². The number of methoxy groups -OCH3 is 1. The molecule has 10 nitrogen and oxygen atoms in total. The van der Waals surface area contributed by atoms with Gasteiger partial charge in [0.2, 0.25) is 11.8 Å². The number of hydrogen-bond acceptors (Lipinski definition) is 8. The number of pyridine rings is 1. The first-order chi connectivity index (χ1) is 16.7. The Balaban J connectivity index is 1.40. The normalized spacial score (nSPS) is 18.8. The summed E-state index contributed by atoms with van der Waals surface area (Å²) >= 11 is 0. The molecule has 0 unspecified atom stereocenters. The third-order valence-corrected chi connectivity index (χ3v) is 6.64. The largest absolute Gasteiger partial charge is 0.481 e. The van der Waals surface area contributed by atoms with Crippen molar-refractivity contribution in [1.29, 1.82) is 5.41 Å². The third kappa shape index (κ3) is 5.13. The van der Waals surface area contributed by atoms with Crippen LogP contribution in [0.1, 0.15) is 42.6 Å². The molecule has 2 amide bonds. The number of nitrogens with two attached hydrogens (primary N) is 1. The fourth-order valence-corrected chi connectivity index (χ4v) is 4.47. The smallest absolute Gasteiger partial charge is 0.272 e. The number of rotatable bonds is 7. The summed E-state index contributed by atoms with van der Waals surface area (Å²) in [4.78, 5) is 39.8. The van der Waals surface area contributed by atoms with Crippen LogP contribution in [-0.2, 0) is 16.1 Å². The second-order valence-corrected chi connectivity index (χ2v) is 8.90. The molecule has 35 heavy (non-hydrogen) atoms. The number of ether oxygens (including phenoxy) is 1. The van der Waals surface area contributed by atoms with Gasteiger partial charge in [-0.1, -0.05) is 0 Å². The first-order valence-electron chi connectivity index (χ1n) is 11.4. The highest BCUT2D eigenvalue weighted by molar-refractivity contribution is 6.43. The predicted octanol–water partition coefficient (Wildman–Crippen LogP) is 1.73. The van der Waals surface area contributed by atoms with Crippen LogP contribution in [0.3, 0.4) is 0 Å². The minimum Gasteiger partial charge on any atom is -0.481 e. The Morgan fingerprint density at radius 2 is 2.09 bits per heavy atom. The Morgan fingerprint density at radius 3 is 2.77 bits per heavy atom. The van der Waals surface area contributed by atoms with Crippen LogP contribution in [0.15, 0.2) is 30.7 Å². The van der Waals surface area contributed by atoms with Crippen molar-refractivity contribution >= 4 is 23.2 Å². The lowest BCUT2D eigenvalue weighted by Gasteiger charge is -2.39. The summed E-state index contributed by atoms with van der Waals surface area (Å²) in [7, 11) is 1.39. The maximum absolute atomic E-state index is 14.2. The Bertz CT molecular complexity index is 1200. The standard InChI is InChI=1S/C24H28FN7O3/c1-14-20(29-7-6-28-14)13-31-22(33)15-3-8-32(24(11-15)4-5-24)23(34)19(27)10-18(26)16-9-21(35-2)30-12-17(16)25/h6-7,9-10,12,15,27H,3-5,8,11,13,26H2,1-2H3,(H,31,33)/b18-10-,27-19?/t15-/m0/s1. The lowest BCUT2D eigenvalue weighted by atomic mass is 9.87. The third-order valence-electron chi connectivity index (χ3n) is 6.64. The van der Waals surface area contributed by atoms with Gasteiger partial charge in [-0.3, -0.25) is 25.0 Å². The molecule has 2 aliphatic rings. The van der Waals surface area contributed by atoms with E-state index in [1.54, 1.807) is 17.3 Å². The maximum Gasteiger partial charge on any atom is 0.272 e. The van der Waals surface area contributed by atoms with Gasteiger partial charge in [0.15, 0.2) is 5.82 Å². The number of likely N-dealkylation sites (tertiary alicyclic amines) is 1. The summed E-state index contributed by atoms with van der Waals surface area (Å²) in [6.07, 6.45) is 7.89. The van der Waals surface area contributed by atoms with Crippen LogP contribution in [-0.4, -0.2) is 56.6 Å². The fraction of sp³-hybridized carbons (Fsp3) is 0.417. The van der Waals surface area contributed by atoms with Crippen LogP contribution >= 0.6 is 0 Å². The quantitative estimate of drug-likeness (QED) is 0.510. The summed E-state index contributed by atoms with van der Waals surface area (Å²) in [5.41, 5.74) is 6.63. The van der Waals surface area contributed by atoms with E-state index in [0.717, 1.165) is 36.5 Å². The lowest BCUT2D eigenvalue weighted by molar-refractivity contribution is -0.135. The van der Waals surface area contributed by atoms with Crippen molar-refractivity contribution < 1.29 is 18.7 Å². The molecule has 1 saturated heterocycles. The van der Waals surface area contributed by atoms with Crippen molar-refractivity contribution in [2.45, 2.75) is 44.7 Å². The van der Waals surface area contributed by atoms with Gasteiger partial charge in [-0.15, -0.1) is 0 Å². The van der Waals surface area contributed by atoms with Crippen LogP contribution < -0.4 is 15.8 Å². The molecule has 0 bridgehead atoms. The van der Waals surface area contributed by atoms with E-state index in [-0.39, 0.29) is 34.7 Å². The number of carbonyl (C=O) groups excluding carboxylic acids is 2. The highest BCUT2D eigenvalue weighted by atomic mass is 19.1. The van der Waals surface area contributed by atoms with E-state index in [2.05, 4.69) is 20.3 Å². The molecule has 1 aliphatic carbocycles. The summed E-state index contributed by atoms with van der Waals surface area (Å²) < 4.78 is 19.1. The first-order valence-corrected chi connectivity index (χ1v) is 11.4. The Kier molecular flexibility index (Phi) is 6.77. The van der Waals surface area contributed by atoms with E-state index in [1.165, 1.54) is 13.2 Å². The number of nitrogens with one attached hydrogen (secondary N) is 2. The molecule has 4 rings (SSSR count). The van der Waals surface area contributed by atoms with Crippen LogP contribution in [0.2, 0.25) is 0 Å². The molecule has 11 heteroatoms. The average Bonchev–Trinajstić information content (AvgIpc) is 3.62. The molecule has 2 aromatic heterocycles. The number of carbonyl (C=O) groups is 2. The van der Waals surface area contributed by atoms with E-state index in [1.807, 2.05) is 6.92 Å². The average molecular weight is 482 g/mol. The molecule has 1 aliphatic heterocycles. The summed E-state index contributed by atoms with van der Waals surface area (Å²) in [5.74, 6) is -1.30. The van der Waals surface area contributed by atoms with Crippen molar-refractivity contribution in [3.05, 3.63) is 53.5 Å². The van der Waals surface area contributed by atoms with Crippen LogP contribution in [0.5, 0.6) is 5.88 Å². The lowest BCUT2D eigenvalue weighted by Crippen LogP contribution is -2.52. The SMILES string of the molecule is COc1cc(/C(N)=C/C(=N)C(=O)N2CC[C@H](C(=O)NCc3nccnc3C)CC23CC3)c(F)cn1. The Labute approximate surface area is 202 Å². The van der Waals surface area contributed by atoms with Crippen molar-refractivity contribution in [3.8, 4) is 5.88 Å². The molecule has 1 saturated carbocycles. The fourth-order valence-electron chi connectivity index (χ4n) is 4.47. The Morgan fingerprint density at radius 1 is 1.34 bits per heavy atom. The molecule has 0 aromatic carbocycles. The molecule has 4 N–H and O–H groups in total. The Hall–Kier alpha value is -3.89. The van der Waals surface area contributed by atoms with E-state index in [9.17, 15) is 14.0 Å². The summed E-state index contributed by atoms with van der Waals surface area (Å²) in [5, 5.41) is 11.2. The molecule has 2 aromatic rings. The second-order valence-electron chi connectivity index (χ2n) is 8.90. The van der Waals surface area contributed by atoms with E-state index < -0.39 is 17.3 Å². The van der Waals surface area contributed by atoms with Gasteiger partial charge in [-0.25, -0.2) is 9.37 Å². The van der Waals surface area contributed by atoms with Crippen LogP contribution in [0, 0.1) is 24.1 Å². The van der Waals surface area contributed by atoms with Crippen molar-refractivity contribution in [2.24, 2.45) is 11.7 Å². The highest BCUT2D eigenvalue weighted by Gasteiger charge is 2.54. The van der Waals surface area contributed by atoms with Crippen molar-refractivity contribution in [2.75, 3.05) is 13.7 Å². The van der Waals surface area contributed by atoms with E-state index in [0.29, 0.717) is 25.9 Å². The molecular weight excluding hydrogens is 453 g/mol. The van der Waals surface area contributed by atoms with Crippen LogP contribution in [0.25, 0.3) is 5.70 Å². The predicted molar refractivity (Wildman–Crippen MR) is 126 cm³/mol. The zero-order valence-electron chi connectivity index (χ0n) is 19.7. The topological polar surface area (TPSA) is 147 Å². The van der Waals surface area contributed by atoms with Gasteiger partial charge in [0.05, 0.1) is 31.2 Å². The molecule has 1 spiro atoms. The molecule has 0 radical (unpaired) electrons.